The van der Waals surface area contributed by atoms with E-state index in [1.165, 1.54) is 0 Å². The molecular weight excluding hydrogens is 336 g/mol. The topological polar surface area (TPSA) is 93.2 Å². The zero-order valence-electron chi connectivity index (χ0n) is 11.6. The van der Waals surface area contributed by atoms with Crippen molar-refractivity contribution in [2.24, 2.45) is 5.84 Å². The van der Waals surface area contributed by atoms with Gasteiger partial charge in [-0.15, -0.1) is 0 Å². The van der Waals surface area contributed by atoms with Gasteiger partial charge in [-0.2, -0.15) is 0 Å². The highest BCUT2D eigenvalue weighted by atomic mass is 79.9. The number of nitrogens with zero attached hydrogens (tertiary/aromatic N) is 1. The summed E-state index contributed by atoms with van der Waals surface area (Å²) in [5, 5.41) is 14.3. The van der Waals surface area contributed by atoms with Gasteiger partial charge >= 0.3 is 5.69 Å². The van der Waals surface area contributed by atoms with E-state index in [2.05, 4.69) is 26.7 Å². The highest BCUT2D eigenvalue weighted by molar-refractivity contribution is 9.10. The van der Waals surface area contributed by atoms with Crippen LogP contribution in [0.2, 0.25) is 0 Å². The molecule has 0 unspecified atom stereocenters. The van der Waals surface area contributed by atoms with Crippen LogP contribution in [-0.4, -0.2) is 4.92 Å². The molecule has 0 aliphatic carbocycles. The quantitative estimate of drug-likeness (QED) is 0.440. The number of nitrogen functional groups attached to an aromatic ring is 1. The second kappa shape index (κ2) is 6.11. The maximum atomic E-state index is 11.2. The minimum atomic E-state index is -0.462. The smallest absolute Gasteiger partial charge is 0.316 e. The van der Waals surface area contributed by atoms with Crippen molar-refractivity contribution in [1.82, 2.24) is 0 Å². The van der Waals surface area contributed by atoms with Crippen LogP contribution in [0.25, 0.3) is 0 Å². The number of halogens is 1. The first kappa shape index (κ1) is 15.3. The summed E-state index contributed by atoms with van der Waals surface area (Å²) >= 11 is 3.50. The highest BCUT2D eigenvalue weighted by Crippen LogP contribution is 2.35. The summed E-state index contributed by atoms with van der Waals surface area (Å²) in [6.07, 6.45) is 0. The molecule has 0 aromatic heterocycles. The molecule has 2 aromatic rings. The summed E-state index contributed by atoms with van der Waals surface area (Å²) < 4.78 is 1.03. The molecule has 21 heavy (non-hydrogen) atoms. The number of anilines is 3. The van der Waals surface area contributed by atoms with Gasteiger partial charge < -0.3 is 10.7 Å². The van der Waals surface area contributed by atoms with E-state index >= 15 is 0 Å². The molecule has 0 heterocycles. The van der Waals surface area contributed by atoms with Crippen LogP contribution < -0.4 is 16.6 Å². The van der Waals surface area contributed by atoms with Crippen LogP contribution in [0.5, 0.6) is 0 Å². The molecule has 0 saturated heterocycles. The van der Waals surface area contributed by atoms with Gasteiger partial charge in [-0.3, -0.25) is 16.0 Å². The van der Waals surface area contributed by atoms with Crippen LogP contribution in [0.1, 0.15) is 11.1 Å². The van der Waals surface area contributed by atoms with Gasteiger partial charge in [-0.1, -0.05) is 22.0 Å². The van der Waals surface area contributed by atoms with E-state index in [0.717, 1.165) is 21.3 Å². The summed E-state index contributed by atoms with van der Waals surface area (Å²) in [6, 6.07) is 8.74. The molecule has 0 bridgehead atoms. The average molecular weight is 351 g/mol. The first-order chi connectivity index (χ1) is 9.93. The monoisotopic (exact) mass is 350 g/mol. The van der Waals surface area contributed by atoms with E-state index < -0.39 is 4.92 Å². The Morgan fingerprint density at radius 3 is 2.29 bits per heavy atom. The number of hydrazine groups is 1. The minimum absolute atomic E-state index is 0.0850. The number of nitro groups is 1. The summed E-state index contributed by atoms with van der Waals surface area (Å²) in [6.45, 7) is 3.93. The Bertz CT molecular complexity index is 680. The number of rotatable bonds is 4. The maximum Gasteiger partial charge on any atom is 0.316 e. The van der Waals surface area contributed by atoms with Crippen molar-refractivity contribution in [1.29, 1.82) is 0 Å². The van der Waals surface area contributed by atoms with Gasteiger partial charge in [0.2, 0.25) is 0 Å². The number of para-hydroxylation sites is 1. The zero-order chi connectivity index (χ0) is 15.6. The molecule has 0 spiro atoms. The highest BCUT2D eigenvalue weighted by Gasteiger charge is 2.19. The summed E-state index contributed by atoms with van der Waals surface area (Å²) in [5.74, 6) is 5.33. The van der Waals surface area contributed by atoms with Crippen molar-refractivity contribution in [3.63, 3.8) is 0 Å². The molecule has 7 heteroatoms. The van der Waals surface area contributed by atoms with Crippen molar-refractivity contribution >= 4 is 38.7 Å². The van der Waals surface area contributed by atoms with Gasteiger partial charge in [-0.25, -0.2) is 0 Å². The fourth-order valence-corrected chi connectivity index (χ4v) is 2.36. The van der Waals surface area contributed by atoms with Crippen molar-refractivity contribution in [3.05, 3.63) is 56.0 Å². The number of hydrogen-bond donors (Lipinski definition) is 3. The zero-order valence-corrected chi connectivity index (χ0v) is 13.2. The number of benzene rings is 2. The standard InChI is InChI=1S/C14H15BrN4O2/c1-8-6-10(7-9(2)13(8)15)17-11-4-3-5-12(18-16)14(11)19(20)21/h3-7,17-18H,16H2,1-2H3. The van der Waals surface area contributed by atoms with Crippen molar-refractivity contribution in [2.75, 3.05) is 10.7 Å². The third kappa shape index (κ3) is 3.14. The van der Waals surface area contributed by atoms with E-state index in [1.54, 1.807) is 18.2 Å². The first-order valence-corrected chi connectivity index (χ1v) is 7.01. The third-order valence-electron chi connectivity index (χ3n) is 3.09. The molecule has 6 nitrogen and oxygen atoms in total. The summed E-state index contributed by atoms with van der Waals surface area (Å²) in [4.78, 5) is 10.8. The lowest BCUT2D eigenvalue weighted by Gasteiger charge is -2.12. The van der Waals surface area contributed by atoms with Crippen LogP contribution in [0.3, 0.4) is 0 Å². The second-order valence-electron chi connectivity index (χ2n) is 4.65. The molecule has 0 saturated carbocycles. The Morgan fingerprint density at radius 1 is 1.19 bits per heavy atom. The fraction of sp³-hybridized carbons (Fsp3) is 0.143. The second-order valence-corrected chi connectivity index (χ2v) is 5.45. The molecule has 0 amide bonds. The molecule has 0 atom stereocenters. The molecule has 4 N–H and O–H groups in total. The van der Waals surface area contributed by atoms with Gasteiger partial charge in [0, 0.05) is 10.2 Å². The van der Waals surface area contributed by atoms with E-state index in [0.29, 0.717) is 5.69 Å². The van der Waals surface area contributed by atoms with Gasteiger partial charge in [0.25, 0.3) is 0 Å². The molecule has 0 radical (unpaired) electrons. The Hall–Kier alpha value is -2.12. The van der Waals surface area contributed by atoms with Crippen LogP contribution >= 0.6 is 15.9 Å². The van der Waals surface area contributed by atoms with Gasteiger partial charge in [-0.05, 0) is 49.2 Å². The van der Waals surface area contributed by atoms with E-state index in [1.807, 2.05) is 26.0 Å². The molecular formula is C14H15BrN4O2. The predicted octanol–water partition coefficient (Wildman–Crippen LogP) is 4.00. The lowest BCUT2D eigenvalue weighted by atomic mass is 10.1. The third-order valence-corrected chi connectivity index (χ3v) is 4.34. The lowest BCUT2D eigenvalue weighted by molar-refractivity contribution is -0.383. The van der Waals surface area contributed by atoms with Gasteiger partial charge in [0.15, 0.2) is 0 Å². The molecule has 0 fully saturated rings. The lowest BCUT2D eigenvalue weighted by Crippen LogP contribution is -2.10. The predicted molar refractivity (Wildman–Crippen MR) is 87.8 cm³/mol. The minimum Gasteiger partial charge on any atom is -0.350 e. The Kier molecular flexibility index (Phi) is 4.44. The van der Waals surface area contributed by atoms with Crippen molar-refractivity contribution < 1.29 is 4.92 Å². The molecule has 110 valence electrons. The van der Waals surface area contributed by atoms with Gasteiger partial charge in [0.05, 0.1) is 4.92 Å². The van der Waals surface area contributed by atoms with Crippen LogP contribution in [0.4, 0.5) is 22.7 Å². The number of nitro benzene ring substituents is 1. The molecule has 2 rings (SSSR count). The average Bonchev–Trinajstić information content (AvgIpc) is 2.44. The van der Waals surface area contributed by atoms with Gasteiger partial charge in [0.1, 0.15) is 11.4 Å². The van der Waals surface area contributed by atoms with Crippen molar-refractivity contribution in [3.8, 4) is 0 Å². The normalized spacial score (nSPS) is 10.3. The Labute approximate surface area is 130 Å². The maximum absolute atomic E-state index is 11.2. The Morgan fingerprint density at radius 2 is 1.76 bits per heavy atom. The van der Waals surface area contributed by atoms with E-state index in [4.69, 9.17) is 5.84 Å². The summed E-state index contributed by atoms with van der Waals surface area (Å²) in [5.41, 5.74) is 5.79. The van der Waals surface area contributed by atoms with E-state index in [9.17, 15) is 10.1 Å². The Balaban J connectivity index is 2.47. The largest absolute Gasteiger partial charge is 0.350 e. The molecule has 0 aliphatic rings. The number of nitrogens with one attached hydrogen (secondary N) is 2. The molecule has 2 aromatic carbocycles. The van der Waals surface area contributed by atoms with Crippen molar-refractivity contribution in [2.45, 2.75) is 13.8 Å². The summed E-state index contributed by atoms with van der Waals surface area (Å²) in [7, 11) is 0. The number of hydrogen-bond acceptors (Lipinski definition) is 5. The van der Waals surface area contributed by atoms with Crippen LogP contribution in [0, 0.1) is 24.0 Å². The van der Waals surface area contributed by atoms with Crippen LogP contribution in [0.15, 0.2) is 34.8 Å². The SMILES string of the molecule is Cc1cc(Nc2cccc(NN)c2[N+](=O)[O-])cc(C)c1Br. The molecule has 0 aliphatic heterocycles. The fourth-order valence-electron chi connectivity index (χ4n) is 2.13. The first-order valence-electron chi connectivity index (χ1n) is 6.22. The van der Waals surface area contributed by atoms with E-state index in [-0.39, 0.29) is 11.4 Å². The number of nitrogens with two attached hydrogens (primary N) is 1. The van der Waals surface area contributed by atoms with Crippen LogP contribution in [-0.2, 0) is 0 Å². The number of aryl methyl sites for hydroxylation is 2.